The molecule has 2 aliphatic rings. The summed E-state index contributed by atoms with van der Waals surface area (Å²) < 4.78 is 12.2. The molecule has 12 rings (SSSR count). The Bertz CT molecular complexity index is 3600. The maximum atomic E-state index is 7.37. The van der Waals surface area contributed by atoms with Gasteiger partial charge in [0.1, 0.15) is 11.2 Å². The zero-order valence-corrected chi connectivity index (χ0v) is 37.5. The molecule has 2 atom stereocenters. The van der Waals surface area contributed by atoms with Gasteiger partial charge in [-0.05, 0) is 145 Å². The van der Waals surface area contributed by atoms with Crippen molar-refractivity contribution in [3.05, 3.63) is 208 Å². The van der Waals surface area contributed by atoms with Crippen LogP contribution in [0.1, 0.15) is 79.1 Å². The van der Waals surface area contributed by atoms with Crippen LogP contribution in [0.2, 0.25) is 0 Å². The summed E-state index contributed by atoms with van der Waals surface area (Å²) in [7, 11) is 0. The van der Waals surface area contributed by atoms with Gasteiger partial charge in [0.05, 0.1) is 22.2 Å². The maximum absolute atomic E-state index is 7.37. The van der Waals surface area contributed by atoms with E-state index < -0.39 is 11.1 Å². The van der Waals surface area contributed by atoms with Crippen molar-refractivity contribution in [2.75, 3.05) is 0 Å². The Morgan fingerprint density at radius 1 is 0.562 bits per heavy atom. The molecule has 0 bridgehead atoms. The van der Waals surface area contributed by atoms with Crippen LogP contribution in [0.5, 0.6) is 0 Å². The van der Waals surface area contributed by atoms with E-state index in [-0.39, 0.29) is 5.41 Å². The van der Waals surface area contributed by atoms with Gasteiger partial charge < -0.3 is 9.30 Å². The molecule has 312 valence electrons. The first-order chi connectivity index (χ1) is 30.9. The largest absolute Gasteiger partial charge is 0.463 e. The molecule has 0 saturated heterocycles. The highest BCUT2D eigenvalue weighted by molar-refractivity contribution is 6.12. The fraction of sp³-hybridized carbons (Fsp3) is 0.186. The van der Waals surface area contributed by atoms with Crippen LogP contribution in [0.4, 0.5) is 0 Å². The Labute approximate surface area is 374 Å². The van der Waals surface area contributed by atoms with Gasteiger partial charge in [0.25, 0.3) is 0 Å². The van der Waals surface area contributed by atoms with Crippen LogP contribution in [0.15, 0.2) is 169 Å². The lowest BCUT2D eigenvalue weighted by atomic mass is 9.74. The molecular formula is C59H50N4O. The van der Waals surface area contributed by atoms with Gasteiger partial charge in [-0.2, -0.15) is 0 Å². The van der Waals surface area contributed by atoms with E-state index in [1.54, 1.807) is 0 Å². The predicted molar refractivity (Wildman–Crippen MR) is 265 cm³/mol. The first-order valence-corrected chi connectivity index (χ1v) is 22.5. The average Bonchev–Trinajstić information content (AvgIpc) is 3.88. The van der Waals surface area contributed by atoms with Crippen LogP contribution in [-0.4, -0.2) is 20.0 Å². The quantitative estimate of drug-likeness (QED) is 0.177. The molecule has 3 aromatic heterocycles. The summed E-state index contributed by atoms with van der Waals surface area (Å²) in [4.78, 5) is 10.7. The Hall–Kier alpha value is -7.24. The van der Waals surface area contributed by atoms with E-state index in [0.29, 0.717) is 5.90 Å². The third-order valence-electron chi connectivity index (χ3n) is 14.4. The van der Waals surface area contributed by atoms with Crippen molar-refractivity contribution in [3.8, 4) is 22.5 Å². The smallest absolute Gasteiger partial charge is 0.218 e. The van der Waals surface area contributed by atoms with E-state index in [1.165, 1.54) is 66.2 Å². The lowest BCUT2D eigenvalue weighted by Gasteiger charge is -2.38. The van der Waals surface area contributed by atoms with Gasteiger partial charge in [-0.25, -0.2) is 9.98 Å². The van der Waals surface area contributed by atoms with Crippen LogP contribution in [0, 0.1) is 13.8 Å². The number of rotatable bonds is 4. The summed E-state index contributed by atoms with van der Waals surface area (Å²) in [6.45, 7) is 15.8. The molecule has 0 radical (unpaired) electrons. The van der Waals surface area contributed by atoms with Crippen molar-refractivity contribution in [2.24, 2.45) is 4.99 Å². The van der Waals surface area contributed by atoms with Crippen molar-refractivity contribution in [1.29, 1.82) is 0 Å². The molecule has 5 heteroatoms. The molecule has 0 amide bonds. The summed E-state index contributed by atoms with van der Waals surface area (Å²) in [6, 6.07) is 57.9. The second-order valence-electron chi connectivity index (χ2n) is 19.5. The number of aliphatic imine (C=N–C) groups is 1. The minimum absolute atomic E-state index is 0.161. The summed E-state index contributed by atoms with van der Waals surface area (Å²) in [6.07, 6.45) is 2.76. The number of benzene rings is 7. The molecule has 0 N–H and O–H groups in total. The molecule has 0 spiro atoms. The van der Waals surface area contributed by atoms with Crippen LogP contribution in [0.3, 0.4) is 0 Å². The van der Waals surface area contributed by atoms with Gasteiger partial charge in [0.2, 0.25) is 5.90 Å². The Morgan fingerprint density at radius 3 is 2.05 bits per heavy atom. The molecule has 10 aromatic rings. The highest BCUT2D eigenvalue weighted by atomic mass is 16.5. The van der Waals surface area contributed by atoms with E-state index >= 15 is 0 Å². The summed E-state index contributed by atoms with van der Waals surface area (Å²) in [5.41, 5.74) is 17.0. The van der Waals surface area contributed by atoms with Gasteiger partial charge in [0.15, 0.2) is 5.60 Å². The second-order valence-corrected chi connectivity index (χ2v) is 19.5. The molecule has 7 aromatic carbocycles. The lowest BCUT2D eigenvalue weighted by molar-refractivity contribution is 0.0289. The molecule has 1 aliphatic carbocycles. The van der Waals surface area contributed by atoms with Crippen molar-refractivity contribution in [2.45, 2.75) is 71.4 Å². The molecule has 0 saturated carbocycles. The van der Waals surface area contributed by atoms with E-state index in [2.05, 4.69) is 209 Å². The van der Waals surface area contributed by atoms with Crippen LogP contribution < -0.4 is 0 Å². The number of fused-ring (bicyclic) bond motifs is 11. The first kappa shape index (κ1) is 38.4. The number of pyridine rings is 1. The Kier molecular flexibility index (Phi) is 8.19. The monoisotopic (exact) mass is 830 g/mol. The summed E-state index contributed by atoms with van der Waals surface area (Å²) in [5.74, 6) is 0.670. The summed E-state index contributed by atoms with van der Waals surface area (Å²) >= 11 is 0. The molecule has 0 unspecified atom stereocenters. The third-order valence-corrected chi connectivity index (χ3v) is 14.4. The minimum atomic E-state index is -0.724. The normalized spacial score (nSPS) is 18.2. The van der Waals surface area contributed by atoms with E-state index in [9.17, 15) is 0 Å². The molecule has 64 heavy (non-hydrogen) atoms. The number of nitrogens with zero attached hydrogens (tertiary/aromatic N) is 4. The number of hydrogen-bond acceptors (Lipinski definition) is 3. The fourth-order valence-corrected chi connectivity index (χ4v) is 10.9. The standard InChI is InChI=1S/C59H50N4O/c1-36-23-25-51-46(28-36)47-29-37(2)53(63-52-26-24-39(38-16-9-8-10-17-38)33-48(52)45-20-15-27-60-55(45)63)35-54(47)62(51)44-32-42(31-43(34-44)57(3,4)5)56-61-58(6)49-21-13-11-18-40(49)30-41-19-12-14-22-50(41)59(58,7)64-56/h8-29,31-35H,30H2,1-7H3/t58-,59+/m1/s1. The average molecular weight is 831 g/mol. The zero-order valence-electron chi connectivity index (χ0n) is 37.5. The maximum Gasteiger partial charge on any atom is 0.218 e. The van der Waals surface area contributed by atoms with E-state index in [1.807, 2.05) is 12.3 Å². The lowest BCUT2D eigenvalue weighted by Crippen LogP contribution is -2.42. The van der Waals surface area contributed by atoms with Gasteiger partial charge in [-0.1, -0.05) is 117 Å². The van der Waals surface area contributed by atoms with Gasteiger partial charge in [-0.15, -0.1) is 0 Å². The summed E-state index contributed by atoms with van der Waals surface area (Å²) in [5, 5.41) is 4.76. The predicted octanol–water partition coefficient (Wildman–Crippen LogP) is 14.4. The fourth-order valence-electron chi connectivity index (χ4n) is 10.9. The van der Waals surface area contributed by atoms with Gasteiger partial charge >= 0.3 is 0 Å². The van der Waals surface area contributed by atoms with Crippen LogP contribution in [-0.2, 0) is 27.7 Å². The topological polar surface area (TPSA) is 44.3 Å². The third kappa shape index (κ3) is 5.56. The van der Waals surface area contributed by atoms with E-state index in [0.717, 1.165) is 50.9 Å². The Morgan fingerprint density at radius 2 is 1.25 bits per heavy atom. The van der Waals surface area contributed by atoms with Crippen molar-refractivity contribution < 1.29 is 4.74 Å². The van der Waals surface area contributed by atoms with Crippen molar-refractivity contribution in [1.82, 2.24) is 14.1 Å². The zero-order chi connectivity index (χ0) is 43.7. The SMILES string of the molecule is Cc1ccc2c(c1)c1cc(C)c(-n3c4ccc(-c5ccccc5)cc4c4cccnc43)cc1n2-c1cc(C2=N[C@]3(C)c4ccccc4Cc4ccccc4[C@]3(C)O2)cc(C(C)(C)C)c1. The number of hydrogen-bond donors (Lipinski definition) is 0. The number of aromatic nitrogens is 3. The first-order valence-electron chi connectivity index (χ1n) is 22.5. The minimum Gasteiger partial charge on any atom is -0.463 e. The second kappa shape index (κ2) is 13.6. The molecule has 0 fully saturated rings. The van der Waals surface area contributed by atoms with Crippen LogP contribution in [0.25, 0.3) is 66.2 Å². The van der Waals surface area contributed by atoms with Gasteiger partial charge in [0, 0.05) is 44.6 Å². The van der Waals surface area contributed by atoms with Crippen molar-refractivity contribution >= 4 is 49.6 Å². The van der Waals surface area contributed by atoms with Crippen LogP contribution >= 0.6 is 0 Å². The van der Waals surface area contributed by atoms with E-state index in [4.69, 9.17) is 14.7 Å². The van der Waals surface area contributed by atoms with Gasteiger partial charge in [-0.3, -0.25) is 4.57 Å². The number of aryl methyl sites for hydroxylation is 2. The molecule has 4 heterocycles. The highest BCUT2D eigenvalue weighted by Gasteiger charge is 2.57. The molecular weight excluding hydrogens is 781 g/mol. The highest BCUT2D eigenvalue weighted by Crippen LogP contribution is 2.55. The molecule has 1 aliphatic heterocycles. The Balaban J connectivity index is 1.10. The molecule has 5 nitrogen and oxygen atoms in total. The van der Waals surface area contributed by atoms with Crippen molar-refractivity contribution in [3.63, 3.8) is 0 Å². The number of ether oxygens (including phenoxy) is 1.